The van der Waals surface area contributed by atoms with Crippen LogP contribution in [0.1, 0.15) is 354 Å². The van der Waals surface area contributed by atoms with Gasteiger partial charge >= 0.3 is 0 Å². The van der Waals surface area contributed by atoms with Gasteiger partial charge in [-0.1, -0.05) is 114 Å². The van der Waals surface area contributed by atoms with E-state index in [1.165, 1.54) is 116 Å². The molecule has 0 radical (unpaired) electrons. The van der Waals surface area contributed by atoms with Crippen molar-refractivity contribution in [2.45, 2.75) is 374 Å². The minimum absolute atomic E-state index is 0. The third-order valence-electron chi connectivity index (χ3n) is 43.6. The number of Topliss-reactive ketones (excluding diaryl/α,β-unsaturated/α-hetero) is 4. The standard InChI is InChI=1S/2C29H41N3O2.C23H37BrO2.C23H38O2.C6H5N3.CH4O.2CH4.6H2/c2*1-18-13-20-14-27(2,34)10-11-28(20,3)23-7-9-29(4)21(5-6-22(29)26(18)23)25(33)17-32-16-19-8-12-30-15-24(19)31-32;1-14-11-15-12-21(2,26)9-10-22(15,3)18-7-8-23(4)16(19(25)13-24)5-6-17(23)20(14)18;1-14-12-16-13-21(3,25)10-11-22(16,4)19-8-9-23(5)17(15(2)24)6-7-18(23)20(14)19;1-2-7-4-6-5(1)3-8-9-6;1-2;;;;;;;;/h2*8,12,15-16,18,20-23,26,34H,5-7,9-11,13-14,17H2,1-4H3;14-18,20,26H,5-13H2,1-4H3;14,16-20,25H,6-13H2,1-5H3;1-4H,(H,8,9);2H,1H3;2*1H4;6*1H/t18-,20+,21-,22+,23+,26+,27-,28+,29-;18-,20-,21+,22-,23-,26-,27+,28-,29+;14?,15-,16+,17-,18-,20-,21+,22-,23+;14?,16-,17+,18-,19-,20-,21+,22-,23+;;;;;;;;;;/m1000........../s1/i;;;;;;;;5*1+1D;1+1. The maximum atomic E-state index is 13.7. The van der Waals surface area contributed by atoms with E-state index in [0.717, 1.165) is 201 Å². The maximum absolute atomic E-state index is 13.7. The fourth-order valence-electron chi connectivity index (χ4n) is 36.9. The Kier molecular flexibility index (Phi) is 26.8. The van der Waals surface area contributed by atoms with Gasteiger partial charge in [0.15, 0.2) is 11.6 Å². The van der Waals surface area contributed by atoms with Gasteiger partial charge in [0.1, 0.15) is 22.6 Å². The lowest BCUT2D eigenvalue weighted by Crippen LogP contribution is -2.58. The van der Waals surface area contributed by atoms with E-state index in [4.69, 9.17) is 20.0 Å². The molecule has 2 unspecified atom stereocenters. The lowest BCUT2D eigenvalue weighted by atomic mass is 9.42. The van der Waals surface area contributed by atoms with Gasteiger partial charge in [0.05, 0.1) is 71.1 Å². The SMILES string of the molecule is C.C.CC(=O)[C@H]1CC[C@H]2[C@@H]3C(C)C[C@H]4C[C@](C)(O)CC[C@]4(C)[C@H]3CC[C@]12C.CC1C[C@H]2C[C@](C)(O)CC[C@]2(C)[C@H]2CC[C@]3(C)[C@@H](C(=O)CBr)CC[C@H]3[C@H]12.CO.C[C@@H]1C[C@H]2C[C@](C)(O)CC[C@]2(C)[C@H]2CC[C@]3(C)[C@@H](C(=O)Cn4cc5ccncc5n4)CC[C@H]3[C@H]12.C[C@H]1C[C@H]2C[C@](C)(O)CC[C@]2(C)[C@H]2CC[C@]3(C)[C@@H](C(=O)Cn4cc5ccncc5n4)CC[C@H]3[C@H]12.[2HH].[2H][2H].[2H][2H].[2H][2H].[2H][2H].[2H][2H].c1cc2cn[nH]c2cn1. The molecule has 6 heterocycles. The molecule has 19 heteroatoms. The zero-order valence-electron chi connectivity index (χ0n) is 92.9. The van der Waals surface area contributed by atoms with Crippen molar-refractivity contribution < 1.29 is 61.0 Å². The predicted molar refractivity (Wildman–Crippen MR) is 544 cm³/mol. The second-order valence-corrected chi connectivity index (χ2v) is 51.4. The summed E-state index contributed by atoms with van der Waals surface area (Å²) in [4.78, 5) is 64.4. The fourth-order valence-corrected chi connectivity index (χ4v) is 37.3. The Hall–Kier alpha value is -5.18. The van der Waals surface area contributed by atoms with Crippen LogP contribution in [-0.2, 0) is 32.3 Å². The molecule has 22 rings (SSSR count). The topological polar surface area (TPSA) is 272 Å². The molecular weight excluding hydrogens is 1710 g/mol. The summed E-state index contributed by atoms with van der Waals surface area (Å²) < 4.78 is 53.7. The van der Waals surface area contributed by atoms with Gasteiger partial charge in [-0.05, 0) is 420 Å². The van der Waals surface area contributed by atoms with Crippen molar-refractivity contribution in [3.8, 4) is 0 Å². The summed E-state index contributed by atoms with van der Waals surface area (Å²) >= 11 is 3.44. The number of nitrogens with one attached hydrogen (secondary N) is 1. The van der Waals surface area contributed by atoms with E-state index in [1.54, 1.807) is 43.4 Å². The van der Waals surface area contributed by atoms with E-state index < -0.39 is 22.4 Å². The molecule has 6 aromatic rings. The van der Waals surface area contributed by atoms with Gasteiger partial charge in [0.25, 0.3) is 0 Å². The lowest BCUT2D eigenvalue weighted by molar-refractivity contribution is -0.166. The number of hydrogen-bond donors (Lipinski definition) is 6. The number of H-pyrrole nitrogens is 1. The Bertz CT molecular complexity index is 4860. The molecule has 0 aromatic carbocycles. The minimum Gasteiger partial charge on any atom is -0.400 e. The first kappa shape index (κ1) is 94.4. The maximum Gasteiger partial charge on any atom is 0.157 e. The average Bonchev–Trinajstić information content (AvgIpc) is 1.66. The predicted octanol–water partition coefficient (Wildman–Crippen LogP) is 25.5. The van der Waals surface area contributed by atoms with Crippen LogP contribution in [0.2, 0.25) is 0 Å². The number of aliphatic hydroxyl groups excluding tert-OH is 1. The van der Waals surface area contributed by atoms with Gasteiger partial charge in [-0.15, -0.1) is 0 Å². The van der Waals surface area contributed by atoms with Crippen LogP contribution in [-0.4, -0.2) is 128 Å². The van der Waals surface area contributed by atoms with Crippen molar-refractivity contribution in [1.82, 2.24) is 44.7 Å². The quantitative estimate of drug-likeness (QED) is 0.0735. The van der Waals surface area contributed by atoms with E-state index in [2.05, 4.69) is 148 Å². The summed E-state index contributed by atoms with van der Waals surface area (Å²) in [6.45, 7) is 40.7. The van der Waals surface area contributed by atoms with Crippen LogP contribution < -0.4 is 0 Å². The second-order valence-electron chi connectivity index (χ2n) is 50.8. The number of ketones is 4. The summed E-state index contributed by atoms with van der Waals surface area (Å²) in [7, 11) is 1.00. The zero-order chi connectivity index (χ0) is 103. The van der Waals surface area contributed by atoms with Gasteiger partial charge in [-0.3, -0.25) is 48.6 Å². The Morgan fingerprint density at radius 1 is 0.386 bits per heavy atom. The van der Waals surface area contributed by atoms with Crippen molar-refractivity contribution in [3.05, 3.63) is 74.0 Å². The molecule has 0 bridgehead atoms. The Balaban J connectivity index is 0.000000199. The number of fused-ring (bicyclic) bond motifs is 23. The summed E-state index contributed by atoms with van der Waals surface area (Å²) in [6, 6.07) is 5.83. The first-order valence-corrected chi connectivity index (χ1v) is 53.3. The lowest BCUT2D eigenvalue weighted by Gasteiger charge is -2.63. The molecule has 0 spiro atoms. The van der Waals surface area contributed by atoms with Crippen molar-refractivity contribution >= 4 is 71.8 Å². The van der Waals surface area contributed by atoms with Gasteiger partial charge in [-0.2, -0.15) is 15.3 Å². The van der Waals surface area contributed by atoms with Crippen LogP contribution in [0.3, 0.4) is 0 Å². The highest BCUT2D eigenvalue weighted by Gasteiger charge is 2.69. The van der Waals surface area contributed by atoms with Crippen molar-refractivity contribution in [1.29, 1.82) is 0 Å². The molecule has 0 amide bonds. The van der Waals surface area contributed by atoms with Gasteiger partial charge in [0.2, 0.25) is 0 Å². The average molecular weight is 1910 g/mol. The number of nitrogens with zero attached hydrogens (tertiary/aromatic N) is 8. The van der Waals surface area contributed by atoms with Crippen LogP contribution in [0.4, 0.5) is 0 Å². The highest BCUT2D eigenvalue weighted by molar-refractivity contribution is 9.09. The normalized spacial score (nSPS) is 46.9. The number of aliphatic hydroxyl groups is 5. The second kappa shape index (κ2) is 37.4. The molecule has 16 aliphatic carbocycles. The zero-order valence-corrected chi connectivity index (χ0v) is 84.4. The van der Waals surface area contributed by atoms with Crippen molar-refractivity contribution in [3.63, 3.8) is 0 Å². The van der Waals surface area contributed by atoms with E-state index in [9.17, 15) is 39.6 Å². The third kappa shape index (κ3) is 17.8. The molecule has 0 saturated heterocycles. The summed E-state index contributed by atoms with van der Waals surface area (Å²) in [5.74, 6) is 16.8. The molecule has 18 nitrogen and oxygen atoms in total. The summed E-state index contributed by atoms with van der Waals surface area (Å²) in [6.07, 6.45) is 53.0. The molecule has 16 fully saturated rings. The van der Waals surface area contributed by atoms with Crippen LogP contribution in [0.25, 0.3) is 32.7 Å². The van der Waals surface area contributed by atoms with Crippen molar-refractivity contribution in [2.24, 2.45) is 185 Å². The number of hydrogen-bond acceptors (Lipinski definition) is 15. The van der Waals surface area contributed by atoms with Crippen LogP contribution >= 0.6 is 15.9 Å². The number of halogens is 1. The van der Waals surface area contributed by atoms with Gasteiger partial charge in [-0.25, -0.2) is 0 Å². The molecule has 6 aromatic heterocycles. The Labute approximate surface area is 818 Å². The molecular formula is C113H186BrN9O9. The molecule has 0 aliphatic heterocycles. The van der Waals surface area contributed by atoms with Crippen molar-refractivity contribution in [2.75, 3.05) is 12.4 Å². The third-order valence-corrected chi connectivity index (χ3v) is 44.2. The highest BCUT2D eigenvalue weighted by atomic mass is 79.9. The number of aromatic amines is 1. The Morgan fingerprint density at radius 3 is 0.962 bits per heavy atom. The Morgan fingerprint density at radius 2 is 0.667 bits per heavy atom. The minimum atomic E-state index is -0.488. The van der Waals surface area contributed by atoms with E-state index in [-0.39, 0.29) is 55.7 Å². The molecule has 36 atom stereocenters. The molecule has 744 valence electrons. The molecule has 16 saturated carbocycles. The van der Waals surface area contributed by atoms with Gasteiger partial charge in [0, 0.05) is 94.2 Å². The molecule has 132 heavy (non-hydrogen) atoms. The molecule has 6 N–H and O–H groups in total. The number of pyridine rings is 3. The first-order valence-electron chi connectivity index (χ1n) is 57.1. The largest absolute Gasteiger partial charge is 0.400 e. The summed E-state index contributed by atoms with van der Waals surface area (Å²) in [5.41, 5.74) is 3.04. The number of alkyl halides is 1. The van der Waals surface area contributed by atoms with E-state index >= 15 is 0 Å². The smallest absolute Gasteiger partial charge is 0.157 e. The highest BCUT2D eigenvalue weighted by Crippen LogP contribution is 2.75. The van der Waals surface area contributed by atoms with Gasteiger partial charge < -0.3 is 25.5 Å². The van der Waals surface area contributed by atoms with E-state index in [1.807, 2.05) is 60.7 Å². The number of carbonyl (C=O) groups excluding carboxylic acids is 4. The fraction of sp³-hybridized carbons (Fsp3) is 0.805. The number of aromatic nitrogens is 9. The number of carbonyl (C=O) groups is 4. The summed E-state index contributed by atoms with van der Waals surface area (Å²) in [5, 5.41) is 69.6. The van der Waals surface area contributed by atoms with Crippen LogP contribution in [0.5, 0.6) is 0 Å². The van der Waals surface area contributed by atoms with E-state index in [0.29, 0.717) is 116 Å². The van der Waals surface area contributed by atoms with Crippen LogP contribution in [0, 0.1) is 185 Å². The van der Waals surface area contributed by atoms with Crippen LogP contribution in [0.15, 0.2) is 74.0 Å². The molecule has 16 aliphatic rings. The monoisotopic (exact) mass is 1900 g/mol. The first-order chi connectivity index (χ1) is 66.4. The number of rotatable bonds is 9.